The molecule has 7 nitrogen and oxygen atoms in total. The van der Waals surface area contributed by atoms with Crippen molar-refractivity contribution < 1.29 is 14.8 Å². The van der Waals surface area contributed by atoms with Crippen LogP contribution in [0, 0.1) is 10.1 Å². The van der Waals surface area contributed by atoms with Crippen LogP contribution in [-0.2, 0) is 0 Å². The molecule has 0 aliphatic heterocycles. The largest absolute Gasteiger partial charge is 0.478 e. The number of hydrogen-bond acceptors (Lipinski definition) is 4. The number of nitrogens with zero attached hydrogens (tertiary/aromatic N) is 3. The van der Waals surface area contributed by atoms with E-state index in [-0.39, 0.29) is 16.9 Å². The fraction of sp³-hybridized carbons (Fsp3) is 0.231. The Bertz CT molecular complexity index is 671. The van der Waals surface area contributed by atoms with Crippen molar-refractivity contribution in [1.82, 2.24) is 9.78 Å². The van der Waals surface area contributed by atoms with Gasteiger partial charge in [0.2, 0.25) is 0 Å². The molecule has 1 aromatic carbocycles. The Labute approximate surface area is 113 Å². The maximum atomic E-state index is 11.3. The van der Waals surface area contributed by atoms with E-state index in [1.165, 1.54) is 22.9 Å². The van der Waals surface area contributed by atoms with Gasteiger partial charge < -0.3 is 5.11 Å². The van der Waals surface area contributed by atoms with E-state index in [9.17, 15) is 20.0 Å². The molecule has 1 saturated carbocycles. The number of carbonyl (C=O) groups is 1. The fourth-order valence-electron chi connectivity index (χ4n) is 2.15. The Balaban J connectivity index is 2.17. The smallest absolute Gasteiger partial charge is 0.338 e. The second-order valence-corrected chi connectivity index (χ2v) is 4.70. The first kappa shape index (κ1) is 12.3. The second kappa shape index (κ2) is 4.44. The van der Waals surface area contributed by atoms with Crippen LogP contribution < -0.4 is 0 Å². The van der Waals surface area contributed by atoms with Gasteiger partial charge in [-0.05, 0) is 25.0 Å². The van der Waals surface area contributed by atoms with Gasteiger partial charge >= 0.3 is 5.97 Å². The molecule has 102 valence electrons. The summed E-state index contributed by atoms with van der Waals surface area (Å²) in [6.45, 7) is 0. The summed E-state index contributed by atoms with van der Waals surface area (Å²) in [6.07, 6.45) is 3.68. The van der Waals surface area contributed by atoms with Crippen LogP contribution in [0.25, 0.3) is 5.69 Å². The zero-order valence-electron chi connectivity index (χ0n) is 10.4. The third-order valence-corrected chi connectivity index (χ3v) is 3.28. The minimum atomic E-state index is -1.22. The zero-order valence-corrected chi connectivity index (χ0v) is 10.4. The summed E-state index contributed by atoms with van der Waals surface area (Å²) in [7, 11) is 0. The molecular weight excluding hydrogens is 262 g/mol. The molecule has 7 heteroatoms. The molecule has 0 spiro atoms. The SMILES string of the molecule is O=C(O)c1cccc([N+](=O)[O-])c1-n1ccc(C2CC2)n1. The molecule has 0 saturated heterocycles. The van der Waals surface area contributed by atoms with Crippen molar-refractivity contribution in [3.05, 3.63) is 51.8 Å². The molecule has 2 aromatic rings. The molecule has 1 aliphatic rings. The lowest BCUT2D eigenvalue weighted by Crippen LogP contribution is -2.09. The highest BCUT2D eigenvalue weighted by atomic mass is 16.6. The Kier molecular flexibility index (Phi) is 2.74. The number of nitro groups is 1. The van der Waals surface area contributed by atoms with E-state index in [0.717, 1.165) is 18.5 Å². The summed E-state index contributed by atoms with van der Waals surface area (Å²) in [5, 5.41) is 24.6. The molecule has 0 radical (unpaired) electrons. The van der Waals surface area contributed by atoms with Crippen LogP contribution in [0.1, 0.15) is 34.8 Å². The van der Waals surface area contributed by atoms with Gasteiger partial charge in [-0.25, -0.2) is 9.48 Å². The first-order valence-corrected chi connectivity index (χ1v) is 6.14. The predicted molar refractivity (Wildman–Crippen MR) is 69.2 cm³/mol. The minimum Gasteiger partial charge on any atom is -0.478 e. The first-order chi connectivity index (χ1) is 9.58. The molecule has 1 heterocycles. The monoisotopic (exact) mass is 273 g/mol. The van der Waals surface area contributed by atoms with Gasteiger partial charge in [0.1, 0.15) is 0 Å². The summed E-state index contributed by atoms with van der Waals surface area (Å²) in [6, 6.07) is 5.75. The maximum Gasteiger partial charge on any atom is 0.338 e. The van der Waals surface area contributed by atoms with Crippen LogP contribution in [0.15, 0.2) is 30.5 Å². The predicted octanol–water partition coefficient (Wildman–Crippen LogP) is 2.36. The molecular formula is C13H11N3O4. The van der Waals surface area contributed by atoms with Crippen molar-refractivity contribution >= 4 is 11.7 Å². The summed E-state index contributed by atoms with van der Waals surface area (Å²) >= 11 is 0. The number of aromatic carboxylic acids is 1. The maximum absolute atomic E-state index is 11.3. The molecule has 0 atom stereocenters. The third kappa shape index (κ3) is 2.03. The lowest BCUT2D eigenvalue weighted by molar-refractivity contribution is -0.384. The quantitative estimate of drug-likeness (QED) is 0.681. The van der Waals surface area contributed by atoms with Gasteiger partial charge in [-0.15, -0.1) is 0 Å². The van der Waals surface area contributed by atoms with E-state index in [4.69, 9.17) is 0 Å². The zero-order chi connectivity index (χ0) is 14.3. The molecule has 1 aliphatic carbocycles. The Hall–Kier alpha value is -2.70. The van der Waals surface area contributed by atoms with Crippen molar-refractivity contribution in [3.8, 4) is 5.69 Å². The summed E-state index contributed by atoms with van der Waals surface area (Å²) < 4.78 is 1.29. The van der Waals surface area contributed by atoms with E-state index in [2.05, 4.69) is 5.10 Å². The molecule has 1 fully saturated rings. The van der Waals surface area contributed by atoms with Crippen LogP contribution in [0.2, 0.25) is 0 Å². The summed E-state index contributed by atoms with van der Waals surface area (Å²) in [5.41, 5.74) is 0.441. The van der Waals surface area contributed by atoms with Crippen molar-refractivity contribution in [2.75, 3.05) is 0 Å². The second-order valence-electron chi connectivity index (χ2n) is 4.70. The molecule has 1 aromatic heterocycles. The van der Waals surface area contributed by atoms with Gasteiger partial charge in [0.25, 0.3) is 5.69 Å². The highest BCUT2D eigenvalue weighted by molar-refractivity contribution is 5.93. The van der Waals surface area contributed by atoms with Crippen molar-refractivity contribution in [1.29, 1.82) is 0 Å². The van der Waals surface area contributed by atoms with E-state index in [1.54, 1.807) is 12.3 Å². The lowest BCUT2D eigenvalue weighted by Gasteiger charge is -2.06. The number of rotatable bonds is 4. The van der Waals surface area contributed by atoms with Crippen LogP contribution in [0.4, 0.5) is 5.69 Å². The van der Waals surface area contributed by atoms with Crippen LogP contribution in [-0.4, -0.2) is 25.8 Å². The summed E-state index contributed by atoms with van der Waals surface area (Å²) in [4.78, 5) is 21.8. The molecule has 20 heavy (non-hydrogen) atoms. The van der Waals surface area contributed by atoms with E-state index < -0.39 is 10.9 Å². The Morgan fingerprint density at radius 2 is 2.15 bits per heavy atom. The van der Waals surface area contributed by atoms with Crippen molar-refractivity contribution in [2.45, 2.75) is 18.8 Å². The number of aromatic nitrogens is 2. The minimum absolute atomic E-state index is 0.00287. The van der Waals surface area contributed by atoms with Gasteiger partial charge in [-0.3, -0.25) is 10.1 Å². The van der Waals surface area contributed by atoms with Crippen LogP contribution >= 0.6 is 0 Å². The first-order valence-electron chi connectivity index (χ1n) is 6.14. The van der Waals surface area contributed by atoms with Gasteiger partial charge in [0.05, 0.1) is 16.2 Å². The third-order valence-electron chi connectivity index (χ3n) is 3.28. The number of nitro benzene ring substituents is 1. The van der Waals surface area contributed by atoms with Gasteiger partial charge in [-0.1, -0.05) is 6.07 Å². The fourth-order valence-corrected chi connectivity index (χ4v) is 2.15. The van der Waals surface area contributed by atoms with Crippen molar-refractivity contribution in [3.63, 3.8) is 0 Å². The molecule has 0 unspecified atom stereocenters. The number of carboxylic acids is 1. The molecule has 0 amide bonds. The average Bonchev–Trinajstić information content (AvgIpc) is 3.16. The lowest BCUT2D eigenvalue weighted by atomic mass is 10.1. The summed E-state index contributed by atoms with van der Waals surface area (Å²) in [5.74, 6) is -0.820. The molecule has 1 N–H and O–H groups in total. The Morgan fingerprint density at radius 1 is 1.40 bits per heavy atom. The van der Waals surface area contributed by atoms with Gasteiger partial charge in [0.15, 0.2) is 5.69 Å². The molecule has 3 rings (SSSR count). The van der Waals surface area contributed by atoms with Gasteiger partial charge in [-0.2, -0.15) is 5.10 Å². The van der Waals surface area contributed by atoms with Crippen LogP contribution in [0.3, 0.4) is 0 Å². The van der Waals surface area contributed by atoms with E-state index in [1.807, 2.05) is 0 Å². The number of carboxylic acid groups (broad SMARTS) is 1. The Morgan fingerprint density at radius 3 is 2.75 bits per heavy atom. The van der Waals surface area contributed by atoms with E-state index >= 15 is 0 Å². The number of hydrogen-bond donors (Lipinski definition) is 1. The highest BCUT2D eigenvalue weighted by Crippen LogP contribution is 2.39. The standard InChI is InChI=1S/C13H11N3O4/c17-13(18)9-2-1-3-11(16(19)20)12(9)15-7-6-10(14-15)8-4-5-8/h1-3,6-8H,4-5H2,(H,17,18). The number of para-hydroxylation sites is 1. The van der Waals surface area contributed by atoms with Crippen molar-refractivity contribution in [2.24, 2.45) is 0 Å². The van der Waals surface area contributed by atoms with Crippen LogP contribution in [0.5, 0.6) is 0 Å². The van der Waals surface area contributed by atoms with E-state index in [0.29, 0.717) is 5.92 Å². The highest BCUT2D eigenvalue weighted by Gasteiger charge is 2.28. The number of benzene rings is 1. The van der Waals surface area contributed by atoms with Gasteiger partial charge in [0, 0.05) is 18.2 Å². The normalized spacial score (nSPS) is 14.2. The molecule has 0 bridgehead atoms. The topological polar surface area (TPSA) is 98.3 Å². The average molecular weight is 273 g/mol.